The van der Waals surface area contributed by atoms with Gasteiger partial charge in [-0.2, -0.15) is 0 Å². The molecule has 0 bridgehead atoms. The van der Waals surface area contributed by atoms with E-state index in [1.54, 1.807) is 0 Å². The average Bonchev–Trinajstić information content (AvgIpc) is 2.49. The number of nitrogens with zero attached hydrogens (tertiary/aromatic N) is 3. The number of rotatable bonds is 2. The van der Waals surface area contributed by atoms with Crippen LogP contribution in [0.2, 0.25) is 0 Å². The Hall–Kier alpha value is -1.23. The third-order valence-electron chi connectivity index (χ3n) is 4.76. The molecule has 0 aromatic carbocycles. The van der Waals surface area contributed by atoms with Crippen LogP contribution in [-0.2, 0) is 6.42 Å². The number of halogens is 1. The molecule has 3 rings (SSSR count). The Labute approximate surface area is 119 Å². The maximum atomic E-state index is 14.6. The molecule has 1 N–H and O–H groups in total. The Bertz CT molecular complexity index is 463. The zero-order chi connectivity index (χ0) is 14.0. The van der Waals surface area contributed by atoms with Crippen molar-refractivity contribution in [2.45, 2.75) is 51.0 Å². The first kappa shape index (κ1) is 13.7. The molecule has 110 valence electrons. The lowest BCUT2D eigenvalue weighted by Gasteiger charge is -2.50. The van der Waals surface area contributed by atoms with E-state index in [2.05, 4.69) is 20.2 Å². The summed E-state index contributed by atoms with van der Waals surface area (Å²) in [6.45, 7) is 4.60. The molecule has 0 unspecified atom stereocenters. The lowest BCUT2D eigenvalue weighted by molar-refractivity contribution is 0.237. The van der Waals surface area contributed by atoms with Crippen molar-refractivity contribution in [3.8, 4) is 0 Å². The molecule has 1 spiro atoms. The molecule has 1 aromatic rings. The van der Waals surface area contributed by atoms with Crippen LogP contribution in [0.15, 0.2) is 6.33 Å². The molecular formula is C15H23FN4. The van der Waals surface area contributed by atoms with Crippen LogP contribution in [-0.4, -0.2) is 35.1 Å². The van der Waals surface area contributed by atoms with Crippen molar-refractivity contribution in [1.29, 1.82) is 0 Å². The summed E-state index contributed by atoms with van der Waals surface area (Å²) in [5, 5.41) is 3.49. The molecule has 1 aliphatic carbocycles. The van der Waals surface area contributed by atoms with Crippen LogP contribution in [0.1, 0.15) is 44.7 Å². The van der Waals surface area contributed by atoms with E-state index in [1.807, 2.05) is 6.92 Å². The summed E-state index contributed by atoms with van der Waals surface area (Å²) < 4.78 is 14.6. The fourth-order valence-electron chi connectivity index (χ4n) is 3.66. The van der Waals surface area contributed by atoms with Crippen molar-refractivity contribution in [2.75, 3.05) is 24.5 Å². The maximum absolute atomic E-state index is 14.6. The quantitative estimate of drug-likeness (QED) is 0.901. The zero-order valence-corrected chi connectivity index (χ0v) is 12.2. The summed E-state index contributed by atoms with van der Waals surface area (Å²) in [6, 6.07) is 0. The Kier molecular flexibility index (Phi) is 3.87. The van der Waals surface area contributed by atoms with Gasteiger partial charge in [0.05, 0.1) is 11.2 Å². The molecule has 1 aromatic heterocycles. The second-order valence-corrected chi connectivity index (χ2v) is 5.92. The first-order valence-electron chi connectivity index (χ1n) is 7.74. The second kappa shape index (κ2) is 5.64. The summed E-state index contributed by atoms with van der Waals surface area (Å²) in [6.07, 6.45) is 8.13. The topological polar surface area (TPSA) is 41.1 Å². The van der Waals surface area contributed by atoms with E-state index in [0.29, 0.717) is 17.9 Å². The second-order valence-electron chi connectivity index (χ2n) is 5.92. The fraction of sp³-hybridized carbons (Fsp3) is 0.733. The van der Waals surface area contributed by atoms with Crippen LogP contribution in [0.5, 0.6) is 0 Å². The summed E-state index contributed by atoms with van der Waals surface area (Å²) in [5.41, 5.74) is 0.580. The minimum absolute atomic E-state index is 0.0523. The summed E-state index contributed by atoms with van der Waals surface area (Å²) in [4.78, 5) is 10.6. The number of hydrogen-bond acceptors (Lipinski definition) is 4. The number of aryl methyl sites for hydroxylation is 1. The van der Waals surface area contributed by atoms with Gasteiger partial charge in [-0.15, -0.1) is 0 Å². The number of hydrogen-bond donors (Lipinski definition) is 1. The normalized spacial score (nSPS) is 22.2. The summed E-state index contributed by atoms with van der Waals surface area (Å²) >= 11 is 0. The number of nitrogens with one attached hydrogen (secondary N) is 1. The highest BCUT2D eigenvalue weighted by molar-refractivity contribution is 5.46. The van der Waals surface area contributed by atoms with Gasteiger partial charge in [-0.25, -0.2) is 14.4 Å². The largest absolute Gasteiger partial charge is 0.346 e. The zero-order valence-electron chi connectivity index (χ0n) is 12.2. The predicted octanol–water partition coefficient (Wildman–Crippen LogP) is 2.29. The Morgan fingerprint density at radius 3 is 2.85 bits per heavy atom. The minimum atomic E-state index is -0.221. The summed E-state index contributed by atoms with van der Waals surface area (Å²) in [7, 11) is 0. The van der Waals surface area contributed by atoms with Crippen molar-refractivity contribution in [2.24, 2.45) is 0 Å². The molecule has 0 amide bonds. The van der Waals surface area contributed by atoms with E-state index >= 15 is 0 Å². The van der Waals surface area contributed by atoms with Gasteiger partial charge in [0.1, 0.15) is 6.33 Å². The third-order valence-corrected chi connectivity index (χ3v) is 4.76. The molecule has 1 aliphatic heterocycles. The van der Waals surface area contributed by atoms with Crippen molar-refractivity contribution in [1.82, 2.24) is 15.3 Å². The standard InChI is InChI=1S/C15H23FN4/c1-2-12-13(16)14(19-11-18-12)20-9-8-17-10-15(20)6-4-3-5-7-15/h11,17H,2-10H2,1H3. The summed E-state index contributed by atoms with van der Waals surface area (Å²) in [5.74, 6) is 0.294. The lowest BCUT2D eigenvalue weighted by Crippen LogP contribution is -2.62. The highest BCUT2D eigenvalue weighted by Gasteiger charge is 2.41. The molecule has 20 heavy (non-hydrogen) atoms. The average molecular weight is 278 g/mol. The van der Waals surface area contributed by atoms with E-state index < -0.39 is 0 Å². The fourth-order valence-corrected chi connectivity index (χ4v) is 3.66. The van der Waals surface area contributed by atoms with Gasteiger partial charge in [0.15, 0.2) is 11.6 Å². The van der Waals surface area contributed by atoms with Crippen LogP contribution in [0.3, 0.4) is 0 Å². The van der Waals surface area contributed by atoms with E-state index in [-0.39, 0.29) is 11.4 Å². The van der Waals surface area contributed by atoms with Gasteiger partial charge in [0.2, 0.25) is 0 Å². The molecular weight excluding hydrogens is 255 g/mol. The van der Waals surface area contributed by atoms with E-state index in [1.165, 1.54) is 25.6 Å². The lowest BCUT2D eigenvalue weighted by atomic mass is 9.79. The SMILES string of the molecule is CCc1ncnc(N2CCNCC23CCCCC3)c1F. The Morgan fingerprint density at radius 2 is 2.10 bits per heavy atom. The Morgan fingerprint density at radius 1 is 1.30 bits per heavy atom. The number of anilines is 1. The Balaban J connectivity index is 1.97. The smallest absolute Gasteiger partial charge is 0.187 e. The highest BCUT2D eigenvalue weighted by Crippen LogP contribution is 2.37. The van der Waals surface area contributed by atoms with E-state index in [9.17, 15) is 4.39 Å². The molecule has 4 nitrogen and oxygen atoms in total. The van der Waals surface area contributed by atoms with Gasteiger partial charge >= 0.3 is 0 Å². The first-order valence-corrected chi connectivity index (χ1v) is 7.74. The molecule has 1 saturated carbocycles. The van der Waals surface area contributed by atoms with E-state index in [0.717, 1.165) is 32.5 Å². The van der Waals surface area contributed by atoms with Crippen molar-refractivity contribution >= 4 is 5.82 Å². The predicted molar refractivity (Wildman–Crippen MR) is 77.4 cm³/mol. The van der Waals surface area contributed by atoms with Crippen LogP contribution in [0, 0.1) is 5.82 Å². The van der Waals surface area contributed by atoms with Gasteiger partial charge in [-0.3, -0.25) is 0 Å². The molecule has 2 aliphatic rings. The monoisotopic (exact) mass is 278 g/mol. The van der Waals surface area contributed by atoms with Crippen LogP contribution < -0.4 is 10.2 Å². The first-order chi connectivity index (χ1) is 9.77. The van der Waals surface area contributed by atoms with Gasteiger partial charge in [-0.05, 0) is 19.3 Å². The van der Waals surface area contributed by atoms with Gasteiger partial charge in [0, 0.05) is 19.6 Å². The van der Waals surface area contributed by atoms with Gasteiger partial charge in [0.25, 0.3) is 0 Å². The van der Waals surface area contributed by atoms with E-state index in [4.69, 9.17) is 0 Å². The van der Waals surface area contributed by atoms with Crippen molar-refractivity contribution in [3.05, 3.63) is 17.8 Å². The highest BCUT2D eigenvalue weighted by atomic mass is 19.1. The van der Waals surface area contributed by atoms with Crippen molar-refractivity contribution in [3.63, 3.8) is 0 Å². The van der Waals surface area contributed by atoms with Gasteiger partial charge in [-0.1, -0.05) is 26.2 Å². The molecule has 2 fully saturated rings. The van der Waals surface area contributed by atoms with Crippen LogP contribution in [0.25, 0.3) is 0 Å². The number of aromatic nitrogens is 2. The molecule has 1 saturated heterocycles. The molecule has 2 heterocycles. The maximum Gasteiger partial charge on any atom is 0.187 e. The van der Waals surface area contributed by atoms with Crippen molar-refractivity contribution < 1.29 is 4.39 Å². The van der Waals surface area contributed by atoms with Gasteiger partial charge < -0.3 is 10.2 Å². The molecule has 5 heteroatoms. The van der Waals surface area contributed by atoms with Crippen LogP contribution >= 0.6 is 0 Å². The minimum Gasteiger partial charge on any atom is -0.346 e. The molecule has 0 atom stereocenters. The van der Waals surface area contributed by atoms with Crippen LogP contribution in [0.4, 0.5) is 10.2 Å². The number of piperazine rings is 1. The third kappa shape index (κ3) is 2.28. The molecule has 0 radical (unpaired) electrons.